The third-order valence-electron chi connectivity index (χ3n) is 11.5. The molecule has 0 saturated carbocycles. The van der Waals surface area contributed by atoms with Crippen LogP contribution in [0.2, 0.25) is 0 Å². The van der Waals surface area contributed by atoms with Crippen LogP contribution in [0.1, 0.15) is 41.2 Å². The molecular formula is C53H44N2. The molecule has 0 aromatic heterocycles. The van der Waals surface area contributed by atoms with Crippen molar-refractivity contribution in [2.45, 2.75) is 24.8 Å². The van der Waals surface area contributed by atoms with Gasteiger partial charge in [-0.1, -0.05) is 158 Å². The van der Waals surface area contributed by atoms with Crippen molar-refractivity contribution in [3.8, 4) is 11.1 Å². The molecule has 0 amide bonds. The summed E-state index contributed by atoms with van der Waals surface area (Å²) >= 11 is 0. The molecule has 55 heavy (non-hydrogen) atoms. The maximum Gasteiger partial charge on any atom is 0.0714 e. The normalized spacial score (nSPS) is 20.1. The quantitative estimate of drug-likeness (QED) is 0.170. The highest BCUT2D eigenvalue weighted by molar-refractivity contribution is 5.93. The minimum Gasteiger partial charge on any atom is -0.345 e. The van der Waals surface area contributed by atoms with E-state index >= 15 is 0 Å². The zero-order valence-electron chi connectivity index (χ0n) is 31.4. The summed E-state index contributed by atoms with van der Waals surface area (Å²) in [7, 11) is 2.17. The molecule has 0 spiro atoms. The van der Waals surface area contributed by atoms with Crippen molar-refractivity contribution in [2.24, 2.45) is 0 Å². The number of anilines is 4. The van der Waals surface area contributed by atoms with Crippen molar-refractivity contribution in [1.82, 2.24) is 0 Å². The van der Waals surface area contributed by atoms with E-state index in [2.05, 4.69) is 231 Å². The lowest BCUT2D eigenvalue weighted by atomic mass is 9.67. The lowest BCUT2D eigenvalue weighted by Crippen LogP contribution is -2.29. The van der Waals surface area contributed by atoms with Gasteiger partial charge in [-0.15, -0.1) is 0 Å². The highest BCUT2D eigenvalue weighted by atomic mass is 15.2. The Morgan fingerprint density at radius 2 is 1.33 bits per heavy atom. The van der Waals surface area contributed by atoms with Gasteiger partial charge in [0, 0.05) is 41.4 Å². The Bertz CT molecular complexity index is 2550. The summed E-state index contributed by atoms with van der Waals surface area (Å²) in [6.07, 6.45) is 19.1. The van der Waals surface area contributed by atoms with Crippen molar-refractivity contribution >= 4 is 33.9 Å². The molecule has 2 unspecified atom stereocenters. The first-order chi connectivity index (χ1) is 27.0. The van der Waals surface area contributed by atoms with E-state index in [4.69, 9.17) is 0 Å². The van der Waals surface area contributed by atoms with Crippen molar-refractivity contribution < 1.29 is 0 Å². The van der Waals surface area contributed by atoms with Gasteiger partial charge in [0.25, 0.3) is 0 Å². The van der Waals surface area contributed by atoms with Crippen molar-refractivity contribution in [3.63, 3.8) is 0 Å². The molecule has 6 aromatic carbocycles. The minimum atomic E-state index is -0.441. The number of benzene rings is 6. The van der Waals surface area contributed by atoms with Crippen LogP contribution in [-0.4, -0.2) is 13.1 Å². The number of hydrogen-bond acceptors (Lipinski definition) is 2. The molecule has 266 valence electrons. The molecule has 0 radical (unpaired) electrons. The van der Waals surface area contributed by atoms with E-state index in [1.807, 2.05) is 0 Å². The van der Waals surface area contributed by atoms with Gasteiger partial charge < -0.3 is 9.80 Å². The second-order valence-corrected chi connectivity index (χ2v) is 14.6. The van der Waals surface area contributed by atoms with Gasteiger partial charge in [-0.25, -0.2) is 0 Å². The molecule has 2 atom stereocenters. The zero-order valence-corrected chi connectivity index (χ0v) is 31.4. The average Bonchev–Trinajstić information content (AvgIpc) is 3.33. The molecule has 0 fully saturated rings. The molecule has 6 aromatic rings. The van der Waals surface area contributed by atoms with Crippen LogP contribution in [-0.2, 0) is 5.41 Å². The molecule has 2 aliphatic carbocycles. The van der Waals surface area contributed by atoms with Gasteiger partial charge in [0.05, 0.1) is 5.41 Å². The second-order valence-electron chi connectivity index (χ2n) is 14.6. The molecule has 0 bridgehead atoms. The van der Waals surface area contributed by atoms with E-state index in [0.717, 1.165) is 51.4 Å². The average molecular weight is 709 g/mol. The summed E-state index contributed by atoms with van der Waals surface area (Å²) in [5.74, 6) is 0. The van der Waals surface area contributed by atoms with Crippen LogP contribution in [0, 0.1) is 0 Å². The Kier molecular flexibility index (Phi) is 8.88. The van der Waals surface area contributed by atoms with Gasteiger partial charge in [-0.3, -0.25) is 0 Å². The summed E-state index contributed by atoms with van der Waals surface area (Å²) in [5.41, 5.74) is 16.3. The zero-order chi connectivity index (χ0) is 37.4. The number of para-hydroxylation sites is 2. The fourth-order valence-electron chi connectivity index (χ4n) is 8.77. The molecule has 9 rings (SSSR count). The van der Waals surface area contributed by atoms with E-state index in [1.165, 1.54) is 33.4 Å². The van der Waals surface area contributed by atoms with Crippen LogP contribution >= 0.6 is 0 Å². The Hall–Kier alpha value is -6.64. The summed E-state index contributed by atoms with van der Waals surface area (Å²) < 4.78 is 0. The molecule has 1 aliphatic heterocycles. The monoisotopic (exact) mass is 708 g/mol. The predicted octanol–water partition coefficient (Wildman–Crippen LogP) is 13.4. The lowest BCUT2D eigenvalue weighted by Gasteiger charge is -2.35. The molecule has 3 aliphatic rings. The van der Waals surface area contributed by atoms with Gasteiger partial charge in [-0.05, 0) is 112 Å². The number of hydrogen-bond donors (Lipinski definition) is 0. The van der Waals surface area contributed by atoms with Gasteiger partial charge in [-0.2, -0.15) is 0 Å². The van der Waals surface area contributed by atoms with Crippen LogP contribution < -0.4 is 9.80 Å². The summed E-state index contributed by atoms with van der Waals surface area (Å²) in [4.78, 5) is 4.70. The van der Waals surface area contributed by atoms with E-state index in [-0.39, 0.29) is 6.04 Å². The maximum atomic E-state index is 4.57. The van der Waals surface area contributed by atoms with Gasteiger partial charge in [0.1, 0.15) is 0 Å². The number of rotatable bonds is 6. The summed E-state index contributed by atoms with van der Waals surface area (Å²) in [6, 6.07) is 55.3. The first kappa shape index (κ1) is 34.1. The van der Waals surface area contributed by atoms with Gasteiger partial charge >= 0.3 is 0 Å². The molecular weight excluding hydrogens is 665 g/mol. The van der Waals surface area contributed by atoms with E-state index < -0.39 is 5.41 Å². The highest BCUT2D eigenvalue weighted by Crippen LogP contribution is 2.57. The minimum absolute atomic E-state index is 0.123. The van der Waals surface area contributed by atoms with Crippen LogP contribution in [0.4, 0.5) is 22.7 Å². The van der Waals surface area contributed by atoms with Crippen LogP contribution in [0.25, 0.3) is 22.3 Å². The number of nitrogens with zero attached hydrogens (tertiary/aromatic N) is 2. The van der Waals surface area contributed by atoms with Crippen molar-refractivity contribution in [3.05, 3.63) is 240 Å². The number of fused-ring (bicyclic) bond motifs is 4. The topological polar surface area (TPSA) is 6.48 Å². The molecule has 0 N–H and O–H groups in total. The maximum absolute atomic E-state index is 4.57. The van der Waals surface area contributed by atoms with Crippen molar-refractivity contribution in [2.75, 3.05) is 16.8 Å². The van der Waals surface area contributed by atoms with Crippen LogP contribution in [0.3, 0.4) is 0 Å². The lowest BCUT2D eigenvalue weighted by molar-refractivity contribution is 0.767. The second kappa shape index (κ2) is 14.3. The summed E-state index contributed by atoms with van der Waals surface area (Å²) in [6.45, 7) is 6.83. The van der Waals surface area contributed by atoms with Crippen LogP contribution in [0.15, 0.2) is 212 Å². The van der Waals surface area contributed by atoms with Gasteiger partial charge in [0.15, 0.2) is 0 Å². The number of allylic oxidation sites excluding steroid dienone is 10. The third kappa shape index (κ3) is 5.91. The van der Waals surface area contributed by atoms with Crippen LogP contribution in [0.5, 0.6) is 0 Å². The summed E-state index contributed by atoms with van der Waals surface area (Å²) in [5, 5.41) is 0. The highest BCUT2D eigenvalue weighted by Gasteiger charge is 2.46. The largest absolute Gasteiger partial charge is 0.345 e. The fourth-order valence-corrected chi connectivity index (χ4v) is 8.77. The molecule has 1 heterocycles. The predicted molar refractivity (Wildman–Crippen MR) is 234 cm³/mol. The molecule has 2 heteroatoms. The SMILES string of the molecule is C=C1/C=C(c2ccc(N(C)c3ccc4c(c3)C(C3=CC=CCC=C3)(c3ccccc3)c3ccccc3-4)cc2)\C=C/C(C)N(c2ccccc2)c2ccccc21. The van der Waals surface area contributed by atoms with E-state index in [1.54, 1.807) is 0 Å². The van der Waals surface area contributed by atoms with Gasteiger partial charge in [0.2, 0.25) is 0 Å². The Morgan fingerprint density at radius 1 is 0.655 bits per heavy atom. The molecule has 0 saturated heterocycles. The fraction of sp³-hybridized carbons (Fsp3) is 0.0943. The van der Waals surface area contributed by atoms with Crippen molar-refractivity contribution in [1.29, 1.82) is 0 Å². The first-order valence-corrected chi connectivity index (χ1v) is 19.2. The Labute approximate surface area is 325 Å². The Balaban J connectivity index is 1.09. The Morgan fingerprint density at radius 3 is 2.13 bits per heavy atom. The third-order valence-corrected chi connectivity index (χ3v) is 11.5. The van der Waals surface area contributed by atoms with E-state index in [0.29, 0.717) is 0 Å². The molecule has 2 nitrogen and oxygen atoms in total. The smallest absolute Gasteiger partial charge is 0.0714 e. The van der Waals surface area contributed by atoms with E-state index in [9.17, 15) is 0 Å². The standard InChI is InChI=1S/C53H44N2/c1-38-36-41(29-28-39(2)55(45-22-12-7-13-23-45)52-27-17-15-24-47(38)52)40-30-32-44(33-31-40)54(3)46-34-35-49-48-25-14-16-26-50(48)53(51(49)37-46,43-20-10-6-11-21-43)42-18-8-4-5-9-19-42/h4,6-37,39H,1,5H2,2-3H3/b29-28-,41-36+. The first-order valence-electron chi connectivity index (χ1n) is 19.2.